The van der Waals surface area contributed by atoms with Crippen LogP contribution in [0.25, 0.3) is 0 Å². The third kappa shape index (κ3) is 2.13. The number of para-hydroxylation sites is 2. The second kappa shape index (κ2) is 5.84. The number of nitrogens with zero attached hydrogens (tertiary/aromatic N) is 3. The van der Waals surface area contributed by atoms with Crippen molar-refractivity contribution in [1.82, 2.24) is 0 Å². The molecule has 2 aromatic rings. The first-order valence-corrected chi connectivity index (χ1v) is 9.95. The average Bonchev–Trinajstić information content (AvgIpc) is 3.23. The lowest BCUT2D eigenvalue weighted by atomic mass is 9.93. The van der Waals surface area contributed by atoms with Gasteiger partial charge in [-0.2, -0.15) is 0 Å². The first-order valence-electron chi connectivity index (χ1n) is 9.95. The zero-order valence-electron chi connectivity index (χ0n) is 16.8. The van der Waals surface area contributed by atoms with Gasteiger partial charge in [-0.1, -0.05) is 35.0 Å². The van der Waals surface area contributed by atoms with Crippen LogP contribution in [-0.4, -0.2) is 24.5 Å². The Labute approximate surface area is 165 Å². The summed E-state index contributed by atoms with van der Waals surface area (Å²) >= 11 is 0. The highest BCUT2D eigenvalue weighted by atomic mass is 16.7. The van der Waals surface area contributed by atoms with Crippen LogP contribution in [0.1, 0.15) is 41.5 Å². The standard InChI is InChI=1S/C23H25N3O2/c1-14-12-15(2)20(16(3)13-14)21-24-28-23-11-7-8-17(23)22(27)25(4)18-9-5-6-10-19(18)26(21)23/h5-6,9-10,12-13,17H,7-8,11H2,1-4H3/t17-,23+/m1/s1. The van der Waals surface area contributed by atoms with Crippen molar-refractivity contribution < 1.29 is 9.63 Å². The molecule has 2 aliphatic heterocycles. The van der Waals surface area contributed by atoms with Gasteiger partial charge >= 0.3 is 0 Å². The molecule has 0 N–H and O–H groups in total. The van der Waals surface area contributed by atoms with E-state index in [0.29, 0.717) is 0 Å². The Kier molecular flexibility index (Phi) is 3.60. The van der Waals surface area contributed by atoms with Gasteiger partial charge in [0.25, 0.3) is 0 Å². The molecule has 5 heteroatoms. The van der Waals surface area contributed by atoms with Crippen LogP contribution in [-0.2, 0) is 9.63 Å². The average molecular weight is 375 g/mol. The van der Waals surface area contributed by atoms with E-state index in [1.54, 1.807) is 4.90 Å². The van der Waals surface area contributed by atoms with Crippen LogP contribution in [0.3, 0.4) is 0 Å². The van der Waals surface area contributed by atoms with E-state index in [2.05, 4.69) is 49.0 Å². The van der Waals surface area contributed by atoms with Crippen molar-refractivity contribution in [1.29, 1.82) is 0 Å². The zero-order chi connectivity index (χ0) is 19.6. The number of aryl methyl sites for hydroxylation is 3. The van der Waals surface area contributed by atoms with Crippen LogP contribution in [0.4, 0.5) is 11.4 Å². The quantitative estimate of drug-likeness (QED) is 0.747. The molecule has 2 atom stereocenters. The van der Waals surface area contributed by atoms with Gasteiger partial charge in [0, 0.05) is 19.0 Å². The number of hydrogen-bond donors (Lipinski definition) is 0. The maximum absolute atomic E-state index is 13.3. The fourth-order valence-corrected chi connectivity index (χ4v) is 5.33. The Hall–Kier alpha value is -2.82. The number of carbonyl (C=O) groups is 1. The largest absolute Gasteiger partial charge is 0.364 e. The smallest absolute Gasteiger partial charge is 0.236 e. The molecule has 2 heterocycles. The maximum atomic E-state index is 13.3. The number of benzene rings is 2. The molecule has 1 fully saturated rings. The van der Waals surface area contributed by atoms with Gasteiger partial charge in [-0.05, 0) is 56.9 Å². The van der Waals surface area contributed by atoms with Crippen molar-refractivity contribution in [2.75, 3.05) is 16.8 Å². The fourth-order valence-electron chi connectivity index (χ4n) is 5.33. The monoisotopic (exact) mass is 375 g/mol. The molecule has 0 bridgehead atoms. The molecule has 2 aromatic carbocycles. The van der Waals surface area contributed by atoms with Gasteiger partial charge in [-0.25, -0.2) is 0 Å². The Morgan fingerprint density at radius 3 is 2.50 bits per heavy atom. The van der Waals surface area contributed by atoms with Crippen molar-refractivity contribution in [3.05, 3.63) is 58.7 Å². The molecule has 5 nitrogen and oxygen atoms in total. The summed E-state index contributed by atoms with van der Waals surface area (Å²) in [4.78, 5) is 23.5. The Balaban J connectivity index is 1.77. The second-order valence-electron chi connectivity index (χ2n) is 8.29. The van der Waals surface area contributed by atoms with Gasteiger partial charge in [0.2, 0.25) is 11.6 Å². The van der Waals surface area contributed by atoms with E-state index in [1.165, 1.54) is 16.7 Å². The SMILES string of the molecule is Cc1cc(C)c(C2=NO[C@@]34CCC[C@@H]3C(=O)N(C)c3ccccc3N24)c(C)c1. The predicted molar refractivity (Wildman–Crippen MR) is 111 cm³/mol. The molecular formula is C23H25N3O2. The summed E-state index contributed by atoms with van der Waals surface area (Å²) in [5.74, 6) is 0.705. The van der Waals surface area contributed by atoms with Crippen LogP contribution < -0.4 is 9.80 Å². The van der Waals surface area contributed by atoms with E-state index in [4.69, 9.17) is 4.84 Å². The molecule has 0 aromatic heterocycles. The number of amides is 1. The van der Waals surface area contributed by atoms with Gasteiger partial charge in [0.1, 0.15) is 5.92 Å². The Morgan fingerprint density at radius 2 is 1.79 bits per heavy atom. The van der Waals surface area contributed by atoms with Crippen LogP contribution >= 0.6 is 0 Å². The van der Waals surface area contributed by atoms with Crippen LogP contribution in [0.5, 0.6) is 0 Å². The first kappa shape index (κ1) is 17.3. The normalized spacial score (nSPS) is 25.6. The number of carbonyl (C=O) groups excluding carboxylic acids is 1. The molecule has 0 radical (unpaired) electrons. The lowest BCUT2D eigenvalue weighted by molar-refractivity contribution is -0.131. The molecule has 0 saturated heterocycles. The Bertz CT molecular complexity index is 1010. The lowest BCUT2D eigenvalue weighted by Crippen LogP contribution is -2.54. The molecule has 1 saturated carbocycles. The summed E-state index contributed by atoms with van der Waals surface area (Å²) in [6.45, 7) is 6.35. The van der Waals surface area contributed by atoms with Gasteiger partial charge < -0.3 is 9.74 Å². The van der Waals surface area contributed by atoms with Crippen molar-refractivity contribution >= 4 is 23.1 Å². The topological polar surface area (TPSA) is 45.1 Å². The molecule has 144 valence electrons. The van der Waals surface area contributed by atoms with E-state index >= 15 is 0 Å². The number of fused-ring (bicyclic) bond motifs is 2. The van der Waals surface area contributed by atoms with Crippen molar-refractivity contribution in [2.45, 2.75) is 45.8 Å². The number of oxime groups is 1. The van der Waals surface area contributed by atoms with Gasteiger partial charge in [0.15, 0.2) is 5.84 Å². The second-order valence-corrected chi connectivity index (χ2v) is 8.29. The minimum atomic E-state index is -0.725. The van der Waals surface area contributed by atoms with Crippen LogP contribution in [0, 0.1) is 26.7 Å². The third-order valence-electron chi connectivity index (χ3n) is 6.47. The van der Waals surface area contributed by atoms with Gasteiger partial charge in [0.05, 0.1) is 11.4 Å². The molecule has 28 heavy (non-hydrogen) atoms. The summed E-state index contributed by atoms with van der Waals surface area (Å²) in [7, 11) is 1.87. The van der Waals surface area contributed by atoms with Crippen LogP contribution in [0.15, 0.2) is 41.6 Å². The summed E-state index contributed by atoms with van der Waals surface area (Å²) < 4.78 is 0. The molecule has 5 rings (SSSR count). The highest BCUT2D eigenvalue weighted by molar-refractivity contribution is 6.17. The van der Waals surface area contributed by atoms with Crippen molar-refractivity contribution in [2.24, 2.45) is 11.1 Å². The van der Waals surface area contributed by atoms with Gasteiger partial charge in [-0.15, -0.1) is 0 Å². The highest BCUT2D eigenvalue weighted by Gasteiger charge is 2.61. The number of hydrogen-bond acceptors (Lipinski definition) is 4. The summed E-state index contributed by atoms with van der Waals surface area (Å²) in [6.07, 6.45) is 2.57. The van der Waals surface area contributed by atoms with Gasteiger partial charge in [-0.3, -0.25) is 9.69 Å². The summed E-state index contributed by atoms with van der Waals surface area (Å²) in [5.41, 5.74) is 5.84. The van der Waals surface area contributed by atoms with Crippen molar-refractivity contribution in [3.63, 3.8) is 0 Å². The number of anilines is 2. The first-order chi connectivity index (χ1) is 13.4. The lowest BCUT2D eigenvalue weighted by Gasteiger charge is -2.36. The number of rotatable bonds is 1. The highest BCUT2D eigenvalue weighted by Crippen LogP contribution is 2.52. The van der Waals surface area contributed by atoms with Crippen LogP contribution in [0.2, 0.25) is 0 Å². The number of amidine groups is 1. The van der Waals surface area contributed by atoms with E-state index in [9.17, 15) is 4.79 Å². The molecule has 1 spiro atoms. The molecular weight excluding hydrogens is 350 g/mol. The molecule has 0 unspecified atom stereocenters. The molecule has 1 aliphatic carbocycles. The minimum Gasteiger partial charge on any atom is -0.364 e. The Morgan fingerprint density at radius 1 is 1.11 bits per heavy atom. The van der Waals surface area contributed by atoms with E-state index < -0.39 is 5.72 Å². The fraction of sp³-hybridized carbons (Fsp3) is 0.391. The zero-order valence-corrected chi connectivity index (χ0v) is 16.8. The molecule has 1 amide bonds. The van der Waals surface area contributed by atoms with E-state index in [1.807, 2.05) is 25.2 Å². The van der Waals surface area contributed by atoms with E-state index in [-0.39, 0.29) is 11.8 Å². The summed E-state index contributed by atoms with van der Waals surface area (Å²) in [5, 5.41) is 4.61. The predicted octanol–water partition coefficient (Wildman–Crippen LogP) is 4.28. The minimum absolute atomic E-state index is 0.112. The summed E-state index contributed by atoms with van der Waals surface area (Å²) in [6, 6.07) is 12.4. The molecule has 3 aliphatic rings. The maximum Gasteiger partial charge on any atom is 0.236 e. The van der Waals surface area contributed by atoms with Crippen molar-refractivity contribution in [3.8, 4) is 0 Å². The van der Waals surface area contributed by atoms with E-state index in [0.717, 1.165) is 42.0 Å². The third-order valence-corrected chi connectivity index (χ3v) is 6.47.